The Morgan fingerprint density at radius 1 is 1.14 bits per heavy atom. The number of aryl methyl sites for hydroxylation is 1. The number of anilines is 1. The highest BCUT2D eigenvalue weighted by atomic mass is 16.5. The summed E-state index contributed by atoms with van der Waals surface area (Å²) in [6.07, 6.45) is 0. The molecular formula is C14H21N3O4. The highest BCUT2D eigenvalue weighted by Gasteiger charge is 2.17. The normalized spacial score (nSPS) is 11.3. The molecule has 116 valence electrons. The molecule has 0 fully saturated rings. The Morgan fingerprint density at radius 2 is 1.71 bits per heavy atom. The number of nitrogens with one attached hydrogen (secondary N) is 3. The second kappa shape index (κ2) is 7.37. The van der Waals surface area contributed by atoms with Crippen LogP contribution in [-0.4, -0.2) is 39.2 Å². The van der Waals surface area contributed by atoms with Gasteiger partial charge in [0.1, 0.15) is 6.04 Å². The lowest BCUT2D eigenvalue weighted by atomic mass is 10.1. The average Bonchev–Trinajstić information content (AvgIpc) is 2.48. The van der Waals surface area contributed by atoms with Crippen molar-refractivity contribution in [3.63, 3.8) is 0 Å². The lowest BCUT2D eigenvalue weighted by molar-refractivity contribution is -0.120. The largest absolute Gasteiger partial charge is 0.493 e. The molecule has 0 heterocycles. The van der Waals surface area contributed by atoms with Crippen LogP contribution >= 0.6 is 0 Å². The van der Waals surface area contributed by atoms with Crippen LogP contribution in [0.4, 0.5) is 10.5 Å². The number of carbonyl (C=O) groups is 2. The lowest BCUT2D eigenvalue weighted by Crippen LogP contribution is -2.44. The SMILES string of the molecule is CNC(=O)NC(=O)[C@@H](C)Nc1cc(OC)c(OC)cc1C. The molecule has 0 unspecified atom stereocenters. The van der Waals surface area contributed by atoms with Gasteiger partial charge in [-0.2, -0.15) is 0 Å². The van der Waals surface area contributed by atoms with Crippen molar-refractivity contribution in [2.45, 2.75) is 19.9 Å². The van der Waals surface area contributed by atoms with E-state index in [0.717, 1.165) is 11.3 Å². The number of urea groups is 1. The lowest BCUT2D eigenvalue weighted by Gasteiger charge is -2.18. The van der Waals surface area contributed by atoms with Crippen LogP contribution in [0, 0.1) is 6.92 Å². The van der Waals surface area contributed by atoms with Gasteiger partial charge in [-0.1, -0.05) is 0 Å². The summed E-state index contributed by atoms with van der Waals surface area (Å²) >= 11 is 0. The number of methoxy groups -OCH3 is 2. The fourth-order valence-electron chi connectivity index (χ4n) is 1.72. The van der Waals surface area contributed by atoms with Crippen LogP contribution in [0.25, 0.3) is 0 Å². The predicted molar refractivity (Wildman–Crippen MR) is 80.0 cm³/mol. The van der Waals surface area contributed by atoms with Gasteiger partial charge in [0.15, 0.2) is 11.5 Å². The molecule has 7 nitrogen and oxygen atoms in total. The van der Waals surface area contributed by atoms with Gasteiger partial charge >= 0.3 is 6.03 Å². The number of ether oxygens (including phenoxy) is 2. The molecule has 1 rings (SSSR count). The van der Waals surface area contributed by atoms with Crippen LogP contribution in [0.1, 0.15) is 12.5 Å². The van der Waals surface area contributed by atoms with Crippen molar-refractivity contribution in [1.29, 1.82) is 0 Å². The Morgan fingerprint density at radius 3 is 2.24 bits per heavy atom. The molecule has 1 atom stereocenters. The number of hydrogen-bond acceptors (Lipinski definition) is 5. The summed E-state index contributed by atoms with van der Waals surface area (Å²) in [4.78, 5) is 22.9. The maximum atomic E-state index is 11.8. The molecule has 0 bridgehead atoms. The second-order valence-electron chi connectivity index (χ2n) is 4.46. The minimum atomic E-state index is -0.584. The van der Waals surface area contributed by atoms with Crippen LogP contribution in [0.15, 0.2) is 12.1 Å². The zero-order chi connectivity index (χ0) is 16.0. The average molecular weight is 295 g/mol. The molecule has 0 saturated heterocycles. The number of amides is 3. The molecule has 7 heteroatoms. The summed E-state index contributed by atoms with van der Waals surface area (Å²) in [5, 5.41) is 7.57. The fourth-order valence-corrected chi connectivity index (χ4v) is 1.72. The van der Waals surface area contributed by atoms with Crippen molar-refractivity contribution in [2.24, 2.45) is 0 Å². The Bertz CT molecular complexity index is 531. The Hall–Kier alpha value is -2.44. The first-order valence-electron chi connectivity index (χ1n) is 6.44. The Kier molecular flexibility index (Phi) is 5.83. The van der Waals surface area contributed by atoms with Gasteiger partial charge in [0, 0.05) is 18.8 Å². The van der Waals surface area contributed by atoms with Crippen LogP contribution in [0.5, 0.6) is 11.5 Å². The minimum Gasteiger partial charge on any atom is -0.493 e. The van der Waals surface area contributed by atoms with Crippen LogP contribution < -0.4 is 25.4 Å². The molecule has 0 saturated carbocycles. The monoisotopic (exact) mass is 295 g/mol. The van der Waals surface area contributed by atoms with Gasteiger partial charge in [0.25, 0.3) is 0 Å². The van der Waals surface area contributed by atoms with Crippen molar-refractivity contribution >= 4 is 17.6 Å². The maximum Gasteiger partial charge on any atom is 0.321 e. The first-order valence-corrected chi connectivity index (χ1v) is 6.44. The van der Waals surface area contributed by atoms with Crippen molar-refractivity contribution < 1.29 is 19.1 Å². The van der Waals surface area contributed by atoms with Gasteiger partial charge in [0.2, 0.25) is 5.91 Å². The van der Waals surface area contributed by atoms with Crippen molar-refractivity contribution in [3.8, 4) is 11.5 Å². The third-order valence-corrected chi connectivity index (χ3v) is 2.96. The predicted octanol–water partition coefficient (Wildman–Crippen LogP) is 1.27. The fraction of sp³-hybridized carbons (Fsp3) is 0.429. The van der Waals surface area contributed by atoms with Gasteiger partial charge in [-0.25, -0.2) is 4.79 Å². The molecule has 0 aromatic heterocycles. The highest BCUT2D eigenvalue weighted by Crippen LogP contribution is 2.33. The quantitative estimate of drug-likeness (QED) is 0.761. The van der Waals surface area contributed by atoms with E-state index in [2.05, 4.69) is 16.0 Å². The smallest absolute Gasteiger partial charge is 0.321 e. The summed E-state index contributed by atoms with van der Waals surface area (Å²) in [5.41, 5.74) is 1.62. The topological polar surface area (TPSA) is 88.7 Å². The van der Waals surface area contributed by atoms with Crippen molar-refractivity contribution in [3.05, 3.63) is 17.7 Å². The molecule has 0 aliphatic rings. The van der Waals surface area contributed by atoms with E-state index in [1.807, 2.05) is 13.0 Å². The summed E-state index contributed by atoms with van der Waals surface area (Å²) in [6.45, 7) is 3.54. The first-order chi connectivity index (χ1) is 9.92. The maximum absolute atomic E-state index is 11.8. The summed E-state index contributed by atoms with van der Waals surface area (Å²) in [5.74, 6) is 0.746. The third kappa shape index (κ3) is 4.27. The molecule has 0 aliphatic heterocycles. The summed E-state index contributed by atoms with van der Waals surface area (Å²) < 4.78 is 10.4. The van der Waals surface area contributed by atoms with E-state index >= 15 is 0 Å². The number of carbonyl (C=O) groups excluding carboxylic acids is 2. The third-order valence-electron chi connectivity index (χ3n) is 2.96. The summed E-state index contributed by atoms with van der Waals surface area (Å²) in [6, 6.07) is 2.43. The van der Waals surface area contributed by atoms with Crippen molar-refractivity contribution in [2.75, 3.05) is 26.6 Å². The molecule has 3 N–H and O–H groups in total. The van der Waals surface area contributed by atoms with E-state index in [-0.39, 0.29) is 0 Å². The minimum absolute atomic E-state index is 0.427. The number of benzene rings is 1. The number of imide groups is 1. The molecular weight excluding hydrogens is 274 g/mol. The van der Waals surface area contributed by atoms with Crippen molar-refractivity contribution in [1.82, 2.24) is 10.6 Å². The van der Waals surface area contributed by atoms with Gasteiger partial charge in [0.05, 0.1) is 14.2 Å². The zero-order valence-electron chi connectivity index (χ0n) is 12.9. The molecule has 3 amide bonds. The molecule has 21 heavy (non-hydrogen) atoms. The van der Waals surface area contributed by atoms with E-state index < -0.39 is 18.0 Å². The number of hydrogen-bond donors (Lipinski definition) is 3. The van der Waals surface area contributed by atoms with E-state index in [1.165, 1.54) is 7.05 Å². The molecule has 0 radical (unpaired) electrons. The van der Waals surface area contributed by atoms with Crippen LogP contribution in [0.2, 0.25) is 0 Å². The van der Waals surface area contributed by atoms with Crippen LogP contribution in [-0.2, 0) is 4.79 Å². The number of rotatable bonds is 5. The molecule has 0 spiro atoms. The Labute approximate surface area is 124 Å². The zero-order valence-corrected chi connectivity index (χ0v) is 12.9. The van der Waals surface area contributed by atoms with Crippen LogP contribution in [0.3, 0.4) is 0 Å². The first kappa shape index (κ1) is 16.6. The Balaban J connectivity index is 2.87. The molecule has 1 aromatic rings. The standard InChI is InChI=1S/C14H21N3O4/c1-8-6-11(20-4)12(21-5)7-10(8)16-9(2)13(18)17-14(19)15-3/h6-7,9,16H,1-5H3,(H2,15,17,18,19)/t9-/m1/s1. The highest BCUT2D eigenvalue weighted by molar-refractivity contribution is 5.97. The van der Waals surface area contributed by atoms with E-state index in [9.17, 15) is 9.59 Å². The van der Waals surface area contributed by atoms with Gasteiger partial charge in [-0.05, 0) is 25.5 Å². The van der Waals surface area contributed by atoms with Gasteiger partial charge in [-0.3, -0.25) is 10.1 Å². The van der Waals surface area contributed by atoms with E-state index in [4.69, 9.17) is 9.47 Å². The molecule has 0 aliphatic carbocycles. The van der Waals surface area contributed by atoms with E-state index in [1.54, 1.807) is 27.2 Å². The summed E-state index contributed by atoms with van der Waals surface area (Å²) in [7, 11) is 4.54. The van der Waals surface area contributed by atoms with Gasteiger partial charge < -0.3 is 20.1 Å². The van der Waals surface area contributed by atoms with E-state index in [0.29, 0.717) is 11.5 Å². The second-order valence-corrected chi connectivity index (χ2v) is 4.46. The van der Waals surface area contributed by atoms with Gasteiger partial charge in [-0.15, -0.1) is 0 Å². The molecule has 1 aromatic carbocycles.